The van der Waals surface area contributed by atoms with Crippen molar-refractivity contribution in [3.05, 3.63) is 42.0 Å². The number of carbonyl (C=O) groups excluding carboxylic acids is 2. The average molecular weight is 331 g/mol. The molecule has 1 unspecified atom stereocenters. The van der Waals surface area contributed by atoms with Crippen LogP contribution in [0.5, 0.6) is 0 Å². The van der Waals surface area contributed by atoms with Crippen LogP contribution in [0.25, 0.3) is 0 Å². The van der Waals surface area contributed by atoms with Crippen molar-refractivity contribution in [1.82, 2.24) is 15.3 Å². The number of benzene rings is 1. The van der Waals surface area contributed by atoms with E-state index in [9.17, 15) is 19.5 Å². The quantitative estimate of drug-likeness (QED) is 0.483. The summed E-state index contributed by atoms with van der Waals surface area (Å²) in [7, 11) is 0. The lowest BCUT2D eigenvalue weighted by Crippen LogP contribution is -2.42. The summed E-state index contributed by atoms with van der Waals surface area (Å²) in [4.78, 5) is 41.3. The first kappa shape index (κ1) is 17.0. The number of amides is 2. The molecular formula is C15H17N5O4. The van der Waals surface area contributed by atoms with Crippen LogP contribution in [-0.2, 0) is 16.0 Å². The summed E-state index contributed by atoms with van der Waals surface area (Å²) in [6.07, 6.45) is 2.97. The molecule has 6 N–H and O–H groups in total. The SMILES string of the molecule is CC(=O)Nc1cc(N)cc(C(=O)NC(Cc2cnc[nH]2)C(=O)O)c1. The summed E-state index contributed by atoms with van der Waals surface area (Å²) in [5.41, 5.74) is 7.06. The van der Waals surface area contributed by atoms with Crippen molar-refractivity contribution in [3.8, 4) is 0 Å². The van der Waals surface area contributed by atoms with Crippen molar-refractivity contribution in [1.29, 1.82) is 0 Å². The van der Waals surface area contributed by atoms with E-state index in [4.69, 9.17) is 5.73 Å². The van der Waals surface area contributed by atoms with Gasteiger partial charge in [-0.1, -0.05) is 0 Å². The van der Waals surface area contributed by atoms with Gasteiger partial charge in [0, 0.05) is 42.2 Å². The van der Waals surface area contributed by atoms with Crippen molar-refractivity contribution >= 4 is 29.2 Å². The highest BCUT2D eigenvalue weighted by atomic mass is 16.4. The Kier molecular flexibility index (Phi) is 5.15. The highest BCUT2D eigenvalue weighted by Crippen LogP contribution is 2.17. The number of carbonyl (C=O) groups is 3. The molecule has 0 bridgehead atoms. The first-order valence-corrected chi connectivity index (χ1v) is 7.04. The minimum atomic E-state index is -1.18. The molecule has 0 aliphatic carbocycles. The normalized spacial score (nSPS) is 11.5. The molecule has 1 atom stereocenters. The van der Waals surface area contributed by atoms with E-state index in [1.54, 1.807) is 0 Å². The average Bonchev–Trinajstić information content (AvgIpc) is 2.98. The van der Waals surface area contributed by atoms with Gasteiger partial charge in [-0.3, -0.25) is 9.59 Å². The maximum Gasteiger partial charge on any atom is 0.326 e. The van der Waals surface area contributed by atoms with Gasteiger partial charge in [0.15, 0.2) is 0 Å². The number of nitrogen functional groups attached to an aromatic ring is 1. The largest absolute Gasteiger partial charge is 0.480 e. The fourth-order valence-electron chi connectivity index (χ4n) is 2.12. The van der Waals surface area contributed by atoms with E-state index in [0.717, 1.165) is 0 Å². The third kappa shape index (κ3) is 4.57. The molecular weight excluding hydrogens is 314 g/mol. The van der Waals surface area contributed by atoms with Crippen LogP contribution < -0.4 is 16.4 Å². The number of aromatic nitrogens is 2. The number of carboxylic acids is 1. The summed E-state index contributed by atoms with van der Waals surface area (Å²) in [6.45, 7) is 1.33. The number of nitrogens with one attached hydrogen (secondary N) is 3. The Hall–Kier alpha value is -3.36. The predicted molar refractivity (Wildman–Crippen MR) is 86.3 cm³/mol. The van der Waals surface area contributed by atoms with E-state index < -0.39 is 17.9 Å². The summed E-state index contributed by atoms with van der Waals surface area (Å²) in [5.74, 6) is -2.10. The maximum atomic E-state index is 12.3. The van der Waals surface area contributed by atoms with Crippen molar-refractivity contribution in [2.45, 2.75) is 19.4 Å². The summed E-state index contributed by atoms with van der Waals surface area (Å²) >= 11 is 0. The van der Waals surface area contributed by atoms with Gasteiger partial charge >= 0.3 is 5.97 Å². The van der Waals surface area contributed by atoms with E-state index in [1.807, 2.05) is 0 Å². The van der Waals surface area contributed by atoms with Crippen LogP contribution in [0.15, 0.2) is 30.7 Å². The molecule has 2 amide bonds. The van der Waals surface area contributed by atoms with E-state index in [2.05, 4.69) is 20.6 Å². The minimum absolute atomic E-state index is 0.0575. The number of anilines is 2. The number of aliphatic carboxylic acids is 1. The smallest absolute Gasteiger partial charge is 0.326 e. The van der Waals surface area contributed by atoms with Gasteiger partial charge in [0.1, 0.15) is 6.04 Å². The number of hydrogen-bond acceptors (Lipinski definition) is 5. The highest BCUT2D eigenvalue weighted by Gasteiger charge is 2.22. The Labute approximate surface area is 137 Å². The van der Waals surface area contributed by atoms with Gasteiger partial charge in [-0.05, 0) is 18.2 Å². The lowest BCUT2D eigenvalue weighted by Gasteiger charge is -2.14. The third-order valence-electron chi connectivity index (χ3n) is 3.12. The standard InChI is InChI=1S/C15H17N5O4/c1-8(21)19-11-3-9(2-10(16)4-11)14(22)20-13(15(23)24)5-12-6-17-7-18-12/h2-4,6-7,13H,5,16H2,1H3,(H,17,18)(H,19,21)(H,20,22)(H,23,24). The molecule has 126 valence electrons. The fourth-order valence-corrected chi connectivity index (χ4v) is 2.12. The molecule has 0 fully saturated rings. The Bertz CT molecular complexity index is 757. The van der Waals surface area contributed by atoms with Gasteiger partial charge in [-0.15, -0.1) is 0 Å². The van der Waals surface area contributed by atoms with E-state index in [-0.39, 0.29) is 23.6 Å². The zero-order chi connectivity index (χ0) is 17.7. The number of aromatic amines is 1. The third-order valence-corrected chi connectivity index (χ3v) is 3.12. The molecule has 24 heavy (non-hydrogen) atoms. The summed E-state index contributed by atoms with van der Waals surface area (Å²) in [5, 5.41) is 14.2. The van der Waals surface area contributed by atoms with Gasteiger partial charge in [-0.25, -0.2) is 9.78 Å². The molecule has 0 aliphatic rings. The number of rotatable bonds is 6. The second-order valence-corrected chi connectivity index (χ2v) is 5.17. The van der Waals surface area contributed by atoms with E-state index >= 15 is 0 Å². The van der Waals surface area contributed by atoms with Gasteiger partial charge in [0.2, 0.25) is 5.91 Å². The highest BCUT2D eigenvalue weighted by molar-refractivity contribution is 5.99. The van der Waals surface area contributed by atoms with Crippen LogP contribution in [-0.4, -0.2) is 38.9 Å². The maximum absolute atomic E-state index is 12.3. The predicted octanol–water partition coefficient (Wildman–Crippen LogP) is 0.376. The van der Waals surface area contributed by atoms with Gasteiger partial charge in [0.05, 0.1) is 6.33 Å². The van der Waals surface area contributed by atoms with Gasteiger partial charge in [-0.2, -0.15) is 0 Å². The molecule has 1 aromatic heterocycles. The number of carboxylic acid groups (broad SMARTS) is 1. The molecule has 1 heterocycles. The first-order valence-electron chi connectivity index (χ1n) is 7.04. The van der Waals surface area contributed by atoms with Crippen LogP contribution in [0.3, 0.4) is 0 Å². The Morgan fingerprint density at radius 1 is 1.33 bits per heavy atom. The number of H-pyrrole nitrogens is 1. The lowest BCUT2D eigenvalue weighted by molar-refractivity contribution is -0.139. The second kappa shape index (κ2) is 7.27. The fraction of sp³-hybridized carbons (Fsp3) is 0.200. The number of nitrogens with two attached hydrogens (primary N) is 1. The van der Waals surface area contributed by atoms with Crippen LogP contribution in [0, 0.1) is 0 Å². The molecule has 2 aromatic rings. The van der Waals surface area contributed by atoms with Crippen LogP contribution in [0.1, 0.15) is 23.0 Å². The summed E-state index contributed by atoms with van der Waals surface area (Å²) < 4.78 is 0. The monoisotopic (exact) mass is 331 g/mol. The molecule has 0 aliphatic heterocycles. The zero-order valence-electron chi connectivity index (χ0n) is 12.9. The Morgan fingerprint density at radius 3 is 2.67 bits per heavy atom. The van der Waals surface area contributed by atoms with E-state index in [1.165, 1.54) is 37.6 Å². The van der Waals surface area contributed by atoms with Crippen LogP contribution in [0.4, 0.5) is 11.4 Å². The molecule has 9 nitrogen and oxygen atoms in total. The molecule has 0 saturated heterocycles. The topological polar surface area (TPSA) is 150 Å². The minimum Gasteiger partial charge on any atom is -0.480 e. The van der Waals surface area contributed by atoms with Crippen LogP contribution >= 0.6 is 0 Å². The number of hydrogen-bond donors (Lipinski definition) is 5. The summed E-state index contributed by atoms with van der Waals surface area (Å²) in [6, 6.07) is 3.18. The van der Waals surface area contributed by atoms with E-state index in [0.29, 0.717) is 11.4 Å². The lowest BCUT2D eigenvalue weighted by atomic mass is 10.1. The molecule has 1 aromatic carbocycles. The number of nitrogens with zero attached hydrogens (tertiary/aromatic N) is 1. The zero-order valence-corrected chi connectivity index (χ0v) is 12.9. The van der Waals surface area contributed by atoms with Crippen molar-refractivity contribution in [2.24, 2.45) is 0 Å². The molecule has 0 saturated carbocycles. The molecule has 0 radical (unpaired) electrons. The second-order valence-electron chi connectivity index (χ2n) is 5.17. The van der Waals surface area contributed by atoms with Gasteiger partial charge in [0.25, 0.3) is 5.91 Å². The molecule has 9 heteroatoms. The Morgan fingerprint density at radius 2 is 2.08 bits per heavy atom. The van der Waals surface area contributed by atoms with Crippen LogP contribution in [0.2, 0.25) is 0 Å². The first-order chi connectivity index (χ1) is 11.3. The molecule has 0 spiro atoms. The number of imidazole rings is 1. The molecule has 2 rings (SSSR count). The van der Waals surface area contributed by atoms with Gasteiger partial charge < -0.3 is 26.5 Å². The Balaban J connectivity index is 2.16. The van der Waals surface area contributed by atoms with Crippen molar-refractivity contribution < 1.29 is 19.5 Å². The van der Waals surface area contributed by atoms with Crippen molar-refractivity contribution in [2.75, 3.05) is 11.1 Å². The van der Waals surface area contributed by atoms with Crippen molar-refractivity contribution in [3.63, 3.8) is 0 Å².